The zero-order valence-electron chi connectivity index (χ0n) is 23.7. The number of fused-ring (bicyclic) bond motifs is 11. The summed E-state index contributed by atoms with van der Waals surface area (Å²) in [6.07, 6.45) is 5.94. The van der Waals surface area contributed by atoms with Crippen LogP contribution in [0.15, 0.2) is 126 Å². The second-order valence-electron chi connectivity index (χ2n) is 10.4. The molecule has 1 nitrogen and oxygen atoms in total. The van der Waals surface area contributed by atoms with Gasteiger partial charge in [-0.15, -0.1) is 0 Å². The highest BCUT2D eigenvalue weighted by Crippen LogP contribution is 2.62. The number of furan rings is 1. The van der Waals surface area contributed by atoms with E-state index in [2.05, 4.69) is 122 Å². The van der Waals surface area contributed by atoms with Gasteiger partial charge >= 0.3 is 0 Å². The summed E-state index contributed by atoms with van der Waals surface area (Å²) < 4.78 is 6.07. The van der Waals surface area contributed by atoms with E-state index in [0.717, 1.165) is 22.3 Å². The van der Waals surface area contributed by atoms with Gasteiger partial charge in [0.05, 0.1) is 5.41 Å². The fourth-order valence-electron chi connectivity index (χ4n) is 7.08. The molecule has 0 aliphatic heterocycles. The molecule has 5 aromatic carbocycles. The first-order chi connectivity index (χ1) is 20.3. The van der Waals surface area contributed by atoms with Crippen molar-refractivity contribution in [2.24, 2.45) is 0 Å². The first kappa shape index (κ1) is 25.1. The minimum absolute atomic E-state index is 0.301. The highest BCUT2D eigenvalue weighted by molar-refractivity contribution is 5.97. The van der Waals surface area contributed by atoms with Crippen molar-refractivity contribution in [3.63, 3.8) is 0 Å². The SMILES string of the molecule is C=Cc1oc2ccc(-c3ccc4c(c3)-c3ccccc3C43c4ccccc4-c4ccccc43)cc2c1/C=C\C.CC. The smallest absolute Gasteiger partial charge is 0.135 e. The third kappa shape index (κ3) is 3.36. The molecule has 6 aromatic rings. The molecule has 1 heteroatoms. The molecule has 1 spiro atoms. The largest absolute Gasteiger partial charge is 0.456 e. The average Bonchev–Trinajstić information content (AvgIpc) is 3.65. The summed E-state index contributed by atoms with van der Waals surface area (Å²) in [4.78, 5) is 0. The summed E-state index contributed by atoms with van der Waals surface area (Å²) in [7, 11) is 0. The van der Waals surface area contributed by atoms with E-state index in [4.69, 9.17) is 4.42 Å². The summed E-state index contributed by atoms with van der Waals surface area (Å²) in [5, 5.41) is 1.11. The van der Waals surface area contributed by atoms with Crippen LogP contribution in [0.3, 0.4) is 0 Å². The molecule has 8 rings (SSSR count). The molecule has 2 aliphatic carbocycles. The van der Waals surface area contributed by atoms with Crippen LogP contribution in [0.2, 0.25) is 0 Å². The van der Waals surface area contributed by atoms with Gasteiger partial charge in [0.1, 0.15) is 11.3 Å². The summed E-state index contributed by atoms with van der Waals surface area (Å²) >= 11 is 0. The van der Waals surface area contributed by atoms with Crippen molar-refractivity contribution in [1.82, 2.24) is 0 Å². The van der Waals surface area contributed by atoms with Crippen molar-refractivity contribution < 1.29 is 4.42 Å². The molecule has 0 radical (unpaired) electrons. The monoisotopic (exact) mass is 528 g/mol. The van der Waals surface area contributed by atoms with E-state index in [1.807, 2.05) is 26.8 Å². The van der Waals surface area contributed by atoms with Gasteiger partial charge in [0.2, 0.25) is 0 Å². The van der Waals surface area contributed by atoms with Crippen molar-refractivity contribution in [3.05, 3.63) is 155 Å². The first-order valence-electron chi connectivity index (χ1n) is 14.5. The summed E-state index contributed by atoms with van der Waals surface area (Å²) in [5.74, 6) is 0.809. The summed E-state index contributed by atoms with van der Waals surface area (Å²) in [5.41, 5.74) is 14.8. The first-order valence-corrected chi connectivity index (χ1v) is 14.5. The predicted molar refractivity (Wildman–Crippen MR) is 174 cm³/mol. The molecule has 0 saturated carbocycles. The van der Waals surface area contributed by atoms with Crippen molar-refractivity contribution in [2.75, 3.05) is 0 Å². The van der Waals surface area contributed by atoms with Gasteiger partial charge in [-0.3, -0.25) is 0 Å². The normalized spacial score (nSPS) is 13.4. The Morgan fingerprint density at radius 2 is 1.12 bits per heavy atom. The second kappa shape index (κ2) is 9.64. The Labute approximate surface area is 242 Å². The van der Waals surface area contributed by atoms with Crippen molar-refractivity contribution >= 4 is 23.1 Å². The lowest BCUT2D eigenvalue weighted by atomic mass is 9.70. The van der Waals surface area contributed by atoms with E-state index in [0.29, 0.717) is 0 Å². The minimum atomic E-state index is -0.301. The van der Waals surface area contributed by atoms with Gasteiger partial charge < -0.3 is 4.42 Å². The van der Waals surface area contributed by atoms with E-state index in [9.17, 15) is 0 Å². The molecular formula is C40H32O. The van der Waals surface area contributed by atoms with Crippen LogP contribution >= 0.6 is 0 Å². The van der Waals surface area contributed by atoms with E-state index >= 15 is 0 Å². The molecule has 41 heavy (non-hydrogen) atoms. The Balaban J connectivity index is 0.00000135. The van der Waals surface area contributed by atoms with Gasteiger partial charge in [0, 0.05) is 10.9 Å². The van der Waals surface area contributed by atoms with Crippen LogP contribution in [0, 0.1) is 0 Å². The van der Waals surface area contributed by atoms with Crippen molar-refractivity contribution in [3.8, 4) is 33.4 Å². The van der Waals surface area contributed by atoms with Gasteiger partial charge in [0.25, 0.3) is 0 Å². The average molecular weight is 529 g/mol. The molecule has 1 heterocycles. The van der Waals surface area contributed by atoms with Gasteiger partial charge in [-0.05, 0) is 86.8 Å². The van der Waals surface area contributed by atoms with Crippen LogP contribution in [0.25, 0.3) is 56.5 Å². The maximum Gasteiger partial charge on any atom is 0.135 e. The molecule has 0 atom stereocenters. The predicted octanol–water partition coefficient (Wildman–Crippen LogP) is 11.1. The van der Waals surface area contributed by atoms with Crippen LogP contribution in [0.1, 0.15) is 54.3 Å². The van der Waals surface area contributed by atoms with Crippen molar-refractivity contribution in [1.29, 1.82) is 0 Å². The Bertz CT molecular complexity index is 1950. The van der Waals surface area contributed by atoms with Gasteiger partial charge in [-0.2, -0.15) is 0 Å². The molecule has 0 fully saturated rings. The lowest BCUT2D eigenvalue weighted by molar-refractivity contribution is 0.603. The molecular weight excluding hydrogens is 496 g/mol. The van der Waals surface area contributed by atoms with E-state index in [-0.39, 0.29) is 5.41 Å². The topological polar surface area (TPSA) is 13.1 Å². The van der Waals surface area contributed by atoms with E-state index < -0.39 is 0 Å². The zero-order valence-corrected chi connectivity index (χ0v) is 23.7. The molecule has 0 saturated heterocycles. The lowest BCUT2D eigenvalue weighted by Crippen LogP contribution is -2.25. The molecule has 0 unspecified atom stereocenters. The van der Waals surface area contributed by atoms with Gasteiger partial charge in [-0.25, -0.2) is 0 Å². The van der Waals surface area contributed by atoms with Crippen molar-refractivity contribution in [2.45, 2.75) is 26.2 Å². The number of hydrogen-bond acceptors (Lipinski definition) is 1. The van der Waals surface area contributed by atoms with Gasteiger partial charge in [-0.1, -0.05) is 124 Å². The maximum absolute atomic E-state index is 6.07. The molecule has 198 valence electrons. The zero-order chi connectivity index (χ0) is 28.1. The fraction of sp³-hybridized carbons (Fsp3) is 0.100. The highest BCUT2D eigenvalue weighted by Gasteiger charge is 2.51. The minimum Gasteiger partial charge on any atom is -0.456 e. The Morgan fingerprint density at radius 3 is 1.71 bits per heavy atom. The maximum atomic E-state index is 6.07. The molecule has 0 N–H and O–H groups in total. The molecule has 2 aliphatic rings. The lowest BCUT2D eigenvalue weighted by Gasteiger charge is -2.30. The summed E-state index contributed by atoms with van der Waals surface area (Å²) in [6.45, 7) is 9.98. The summed E-state index contributed by atoms with van der Waals surface area (Å²) in [6, 6.07) is 40.4. The molecule has 0 amide bonds. The van der Waals surface area contributed by atoms with Crippen LogP contribution < -0.4 is 0 Å². The van der Waals surface area contributed by atoms with Crippen LogP contribution in [-0.2, 0) is 5.41 Å². The Hall–Kier alpha value is -4.88. The molecule has 1 aromatic heterocycles. The number of benzene rings is 5. The van der Waals surface area contributed by atoms with Crippen LogP contribution in [-0.4, -0.2) is 0 Å². The molecule has 0 bridgehead atoms. The fourth-order valence-corrected chi connectivity index (χ4v) is 7.08. The Morgan fingerprint density at radius 1 is 0.610 bits per heavy atom. The van der Waals surface area contributed by atoms with Crippen LogP contribution in [0.5, 0.6) is 0 Å². The van der Waals surface area contributed by atoms with E-state index in [1.165, 1.54) is 55.6 Å². The highest BCUT2D eigenvalue weighted by atomic mass is 16.3. The van der Waals surface area contributed by atoms with Gasteiger partial charge in [0.15, 0.2) is 0 Å². The second-order valence-corrected chi connectivity index (χ2v) is 10.4. The van der Waals surface area contributed by atoms with E-state index in [1.54, 1.807) is 6.08 Å². The van der Waals surface area contributed by atoms with Crippen LogP contribution in [0.4, 0.5) is 0 Å². The standard InChI is InChI=1S/C38H26O.C2H6/c1-3-11-29-31-23-25(19-21-37(31)39-36(29)4-2)24-18-20-35-30(22-24)28-14-7-10-17-34(28)38(35)32-15-8-5-12-26(32)27-13-6-9-16-33(27)38;1-2/h3-23H,2H2,1H3;1-2H3/b11-3-;. The Kier molecular flexibility index (Phi) is 5.91. The number of hydrogen-bond donors (Lipinski definition) is 0. The number of allylic oxidation sites excluding steroid dienone is 1. The quantitative estimate of drug-likeness (QED) is 0.222. The number of rotatable bonds is 3. The third-order valence-corrected chi connectivity index (χ3v) is 8.60. The third-order valence-electron chi connectivity index (χ3n) is 8.60.